The average molecular weight is 426 g/mol. The predicted octanol–water partition coefficient (Wildman–Crippen LogP) is 2.87. The van der Waals surface area contributed by atoms with Crippen LogP contribution in [0.2, 0.25) is 0 Å². The molecule has 31 heavy (non-hydrogen) atoms. The van der Waals surface area contributed by atoms with Gasteiger partial charge in [-0.15, -0.1) is 5.10 Å². The van der Waals surface area contributed by atoms with E-state index in [4.69, 9.17) is 4.74 Å². The number of ether oxygens (including phenoxy) is 1. The largest absolute Gasteiger partial charge is 0.494 e. The van der Waals surface area contributed by atoms with Crippen LogP contribution in [0, 0.1) is 12.7 Å². The smallest absolute Gasteiger partial charge is 0.249 e. The van der Waals surface area contributed by atoms with Crippen molar-refractivity contribution in [1.29, 1.82) is 0 Å². The van der Waals surface area contributed by atoms with Gasteiger partial charge in [0.15, 0.2) is 0 Å². The highest BCUT2D eigenvalue weighted by Crippen LogP contribution is 2.20. The summed E-state index contributed by atoms with van der Waals surface area (Å²) < 4.78 is 20.4. The van der Waals surface area contributed by atoms with E-state index in [1.165, 1.54) is 16.8 Å². The Labute approximate surface area is 181 Å². The summed E-state index contributed by atoms with van der Waals surface area (Å²) >= 11 is 0. The molecule has 1 atom stereocenters. The molecule has 1 N–H and O–H groups in total. The van der Waals surface area contributed by atoms with E-state index in [1.807, 2.05) is 26.2 Å². The van der Waals surface area contributed by atoms with Crippen LogP contribution in [-0.2, 0) is 11.2 Å². The molecule has 0 saturated carbocycles. The molecule has 1 heterocycles. The SMILES string of the molecule is Cc1nnnn1C(Cc1ccc(F)cc1)C(=O)Nc1ccc(OCCCN(C)C)cc1. The lowest BCUT2D eigenvalue weighted by Crippen LogP contribution is -2.29. The third-order valence-corrected chi connectivity index (χ3v) is 4.74. The van der Waals surface area contributed by atoms with Gasteiger partial charge in [0.1, 0.15) is 23.4 Å². The van der Waals surface area contributed by atoms with Gasteiger partial charge in [-0.3, -0.25) is 4.79 Å². The van der Waals surface area contributed by atoms with E-state index in [0.29, 0.717) is 24.5 Å². The Morgan fingerprint density at radius 3 is 2.48 bits per heavy atom. The van der Waals surface area contributed by atoms with Gasteiger partial charge in [-0.1, -0.05) is 12.1 Å². The number of rotatable bonds is 10. The van der Waals surface area contributed by atoms with Gasteiger partial charge >= 0.3 is 0 Å². The fourth-order valence-electron chi connectivity index (χ4n) is 3.09. The summed E-state index contributed by atoms with van der Waals surface area (Å²) in [6.07, 6.45) is 1.26. The van der Waals surface area contributed by atoms with Crippen molar-refractivity contribution >= 4 is 11.6 Å². The summed E-state index contributed by atoms with van der Waals surface area (Å²) in [6, 6.07) is 12.6. The van der Waals surface area contributed by atoms with Gasteiger partial charge in [0.25, 0.3) is 0 Å². The summed E-state index contributed by atoms with van der Waals surface area (Å²) in [4.78, 5) is 15.2. The molecule has 0 radical (unpaired) electrons. The zero-order chi connectivity index (χ0) is 22.2. The van der Waals surface area contributed by atoms with E-state index in [2.05, 4.69) is 25.7 Å². The van der Waals surface area contributed by atoms with Gasteiger partial charge in [-0.2, -0.15) is 0 Å². The molecular weight excluding hydrogens is 399 g/mol. The Bertz CT molecular complexity index is 972. The standard InChI is InChI=1S/C22H27FN6O2/c1-16-25-26-27-29(16)21(15-17-5-7-18(23)8-6-17)22(30)24-19-9-11-20(12-10-19)31-14-4-13-28(2)3/h5-12,21H,4,13-15H2,1-3H3,(H,24,30). The van der Waals surface area contributed by atoms with Crippen LogP contribution in [0.5, 0.6) is 5.75 Å². The number of nitrogens with zero attached hydrogens (tertiary/aromatic N) is 5. The number of hydrogen-bond acceptors (Lipinski definition) is 6. The number of carbonyl (C=O) groups is 1. The number of aryl methyl sites for hydroxylation is 1. The Hall–Kier alpha value is -3.33. The van der Waals surface area contributed by atoms with Gasteiger partial charge in [0.2, 0.25) is 5.91 Å². The Kier molecular flexibility index (Phi) is 7.66. The maximum atomic E-state index is 13.2. The van der Waals surface area contributed by atoms with Gasteiger partial charge in [-0.05, 0) is 79.8 Å². The molecule has 0 aliphatic carbocycles. The highest BCUT2D eigenvalue weighted by molar-refractivity contribution is 5.93. The lowest BCUT2D eigenvalue weighted by Gasteiger charge is -2.18. The topological polar surface area (TPSA) is 85.2 Å². The van der Waals surface area contributed by atoms with E-state index in [0.717, 1.165) is 24.3 Å². The summed E-state index contributed by atoms with van der Waals surface area (Å²) in [7, 11) is 4.05. The number of anilines is 1. The maximum Gasteiger partial charge on any atom is 0.249 e. The van der Waals surface area contributed by atoms with Gasteiger partial charge < -0.3 is 15.0 Å². The molecule has 2 aromatic carbocycles. The summed E-state index contributed by atoms with van der Waals surface area (Å²) in [5, 5.41) is 14.4. The van der Waals surface area contributed by atoms with Crippen molar-refractivity contribution in [2.75, 3.05) is 32.6 Å². The molecule has 0 aliphatic rings. The first-order valence-corrected chi connectivity index (χ1v) is 10.1. The second-order valence-corrected chi connectivity index (χ2v) is 7.54. The van der Waals surface area contributed by atoms with Gasteiger partial charge in [-0.25, -0.2) is 9.07 Å². The van der Waals surface area contributed by atoms with Crippen molar-refractivity contribution in [3.8, 4) is 5.75 Å². The van der Waals surface area contributed by atoms with Crippen molar-refractivity contribution in [1.82, 2.24) is 25.1 Å². The van der Waals surface area contributed by atoms with Crippen LogP contribution in [-0.4, -0.2) is 58.3 Å². The van der Waals surface area contributed by atoms with Crippen molar-refractivity contribution in [2.24, 2.45) is 0 Å². The number of carbonyl (C=O) groups excluding carboxylic acids is 1. The van der Waals surface area contributed by atoms with E-state index < -0.39 is 6.04 Å². The Morgan fingerprint density at radius 1 is 1.16 bits per heavy atom. The number of benzene rings is 2. The van der Waals surface area contributed by atoms with Crippen LogP contribution in [0.15, 0.2) is 48.5 Å². The van der Waals surface area contributed by atoms with Crippen LogP contribution < -0.4 is 10.1 Å². The van der Waals surface area contributed by atoms with Crippen molar-refractivity contribution in [3.63, 3.8) is 0 Å². The minimum Gasteiger partial charge on any atom is -0.494 e. The first-order valence-electron chi connectivity index (χ1n) is 10.1. The fourth-order valence-corrected chi connectivity index (χ4v) is 3.09. The highest BCUT2D eigenvalue weighted by atomic mass is 19.1. The molecule has 0 fully saturated rings. The summed E-state index contributed by atoms with van der Waals surface area (Å²) in [5.41, 5.74) is 1.44. The fraction of sp³-hybridized carbons (Fsp3) is 0.364. The van der Waals surface area contributed by atoms with Gasteiger partial charge in [0, 0.05) is 18.7 Å². The number of halogens is 1. The van der Waals surface area contributed by atoms with Gasteiger partial charge in [0.05, 0.1) is 6.61 Å². The molecule has 3 rings (SSSR count). The third kappa shape index (κ3) is 6.58. The van der Waals surface area contributed by atoms with E-state index in [9.17, 15) is 9.18 Å². The van der Waals surface area contributed by atoms with Crippen LogP contribution in [0.1, 0.15) is 23.9 Å². The molecule has 3 aromatic rings. The number of amides is 1. The van der Waals surface area contributed by atoms with Crippen LogP contribution >= 0.6 is 0 Å². The quantitative estimate of drug-likeness (QED) is 0.502. The van der Waals surface area contributed by atoms with E-state index >= 15 is 0 Å². The molecule has 9 heteroatoms. The molecule has 1 aromatic heterocycles. The van der Waals surface area contributed by atoms with Crippen molar-refractivity contribution < 1.29 is 13.9 Å². The van der Waals surface area contributed by atoms with E-state index in [1.54, 1.807) is 31.2 Å². The molecule has 1 unspecified atom stereocenters. The second-order valence-electron chi connectivity index (χ2n) is 7.54. The number of aromatic nitrogens is 4. The zero-order valence-corrected chi connectivity index (χ0v) is 18.0. The molecular formula is C22H27FN6O2. The minimum atomic E-state index is -0.678. The minimum absolute atomic E-state index is 0.264. The lowest BCUT2D eigenvalue weighted by molar-refractivity contribution is -0.119. The second kappa shape index (κ2) is 10.6. The van der Waals surface area contributed by atoms with Crippen LogP contribution in [0.25, 0.3) is 0 Å². The molecule has 0 bridgehead atoms. The summed E-state index contributed by atoms with van der Waals surface area (Å²) in [6.45, 7) is 3.32. The van der Waals surface area contributed by atoms with Crippen molar-refractivity contribution in [3.05, 3.63) is 65.7 Å². The third-order valence-electron chi connectivity index (χ3n) is 4.74. The average Bonchev–Trinajstić information content (AvgIpc) is 3.17. The molecule has 164 valence electrons. The van der Waals surface area contributed by atoms with Crippen molar-refractivity contribution in [2.45, 2.75) is 25.8 Å². The highest BCUT2D eigenvalue weighted by Gasteiger charge is 2.24. The Morgan fingerprint density at radius 2 is 1.87 bits per heavy atom. The monoisotopic (exact) mass is 426 g/mol. The first-order chi connectivity index (χ1) is 14.9. The van der Waals surface area contributed by atoms with E-state index in [-0.39, 0.29) is 11.7 Å². The van der Waals surface area contributed by atoms with Crippen LogP contribution in [0.3, 0.4) is 0 Å². The normalized spacial score (nSPS) is 12.0. The number of nitrogens with one attached hydrogen (secondary N) is 1. The summed E-state index contributed by atoms with van der Waals surface area (Å²) in [5.74, 6) is 0.673. The predicted molar refractivity (Wildman–Crippen MR) is 115 cm³/mol. The molecule has 0 spiro atoms. The molecule has 8 nitrogen and oxygen atoms in total. The van der Waals surface area contributed by atoms with Crippen LogP contribution in [0.4, 0.5) is 10.1 Å². The maximum absolute atomic E-state index is 13.2. The lowest BCUT2D eigenvalue weighted by atomic mass is 10.0. The zero-order valence-electron chi connectivity index (χ0n) is 18.0. The number of tetrazole rings is 1. The molecule has 0 aliphatic heterocycles. The molecule has 1 amide bonds. The number of hydrogen-bond donors (Lipinski definition) is 1. The first kappa shape index (κ1) is 22.4. The Balaban J connectivity index is 1.66. The molecule has 0 saturated heterocycles.